The van der Waals surface area contributed by atoms with Gasteiger partial charge in [-0.3, -0.25) is 5.73 Å². The predicted octanol–water partition coefficient (Wildman–Crippen LogP) is -2.14. The van der Waals surface area contributed by atoms with Gasteiger partial charge in [-0.05, 0) is 19.1 Å². The van der Waals surface area contributed by atoms with Crippen LogP contribution in [0.4, 0.5) is 5.69 Å². The summed E-state index contributed by atoms with van der Waals surface area (Å²) >= 11 is 0. The Labute approximate surface area is 119 Å². The van der Waals surface area contributed by atoms with E-state index in [9.17, 15) is 0 Å². The maximum absolute atomic E-state index is 6.04. The Balaban J connectivity index is 0.00000180. The van der Waals surface area contributed by atoms with E-state index in [0.717, 1.165) is 5.69 Å². The van der Waals surface area contributed by atoms with Crippen LogP contribution in [0.1, 0.15) is 19.4 Å². The Kier molecular flexibility index (Phi) is 4.78. The zero-order chi connectivity index (χ0) is 13.3. The summed E-state index contributed by atoms with van der Waals surface area (Å²) in [5.74, 6) is 1.20. The van der Waals surface area contributed by atoms with Gasteiger partial charge in [-0.25, -0.2) is 9.89 Å². The minimum absolute atomic E-state index is 0. The zero-order valence-corrected chi connectivity index (χ0v) is 12.1. The van der Waals surface area contributed by atoms with Crippen LogP contribution in [0.5, 0.6) is 0 Å². The Morgan fingerprint density at radius 2 is 1.79 bits per heavy atom. The summed E-state index contributed by atoms with van der Waals surface area (Å²) in [7, 11) is 0. The third kappa shape index (κ3) is 3.17. The van der Waals surface area contributed by atoms with E-state index in [4.69, 9.17) is 11.5 Å². The van der Waals surface area contributed by atoms with E-state index in [1.54, 1.807) is 0 Å². The number of aryl methyl sites for hydroxylation is 1. The van der Waals surface area contributed by atoms with Crippen LogP contribution >= 0.6 is 0 Å². The van der Waals surface area contributed by atoms with Gasteiger partial charge in [0.2, 0.25) is 0 Å². The van der Waals surface area contributed by atoms with E-state index >= 15 is 0 Å². The number of nitrogens with one attached hydrogen (secondary N) is 1. The van der Waals surface area contributed by atoms with Crippen molar-refractivity contribution in [3.8, 4) is 0 Å². The van der Waals surface area contributed by atoms with Crippen molar-refractivity contribution in [1.82, 2.24) is 5.32 Å². The number of rotatable bonds is 2. The Bertz CT molecular complexity index is 504. The minimum Gasteiger partial charge on any atom is -1.00 e. The number of hydrogen-bond donors (Lipinski definition) is 3. The molecule has 1 aromatic carbocycles. The molecule has 1 aliphatic heterocycles. The second kappa shape index (κ2) is 5.93. The fraction of sp³-hybridized carbons (Fsp3) is 0.385. The van der Waals surface area contributed by atoms with Gasteiger partial charge in [0.05, 0.1) is 0 Å². The SMILES string of the molecule is Cc1ccc([N+]2=C(N)NC(N)=NC2C(C)C)cc1.[Cl-]. The topological polar surface area (TPSA) is 79.4 Å². The summed E-state index contributed by atoms with van der Waals surface area (Å²) in [5, 5.41) is 2.88. The summed E-state index contributed by atoms with van der Waals surface area (Å²) in [6.07, 6.45) is -0.0750. The van der Waals surface area contributed by atoms with Gasteiger partial charge in [0.1, 0.15) is 5.69 Å². The minimum atomic E-state index is -0.0750. The Morgan fingerprint density at radius 1 is 1.21 bits per heavy atom. The van der Waals surface area contributed by atoms with E-state index < -0.39 is 0 Å². The third-order valence-electron chi connectivity index (χ3n) is 2.96. The first kappa shape index (κ1) is 15.3. The number of benzene rings is 1. The van der Waals surface area contributed by atoms with Crippen molar-refractivity contribution < 1.29 is 17.0 Å². The van der Waals surface area contributed by atoms with Crippen molar-refractivity contribution in [1.29, 1.82) is 0 Å². The van der Waals surface area contributed by atoms with Crippen molar-refractivity contribution in [3.63, 3.8) is 0 Å². The van der Waals surface area contributed by atoms with E-state index in [1.165, 1.54) is 5.56 Å². The third-order valence-corrected chi connectivity index (χ3v) is 2.96. The van der Waals surface area contributed by atoms with E-state index in [1.807, 2.05) is 16.7 Å². The molecule has 1 unspecified atom stereocenters. The molecular weight excluding hydrogens is 262 g/mol. The molecule has 1 aromatic rings. The van der Waals surface area contributed by atoms with Crippen LogP contribution < -0.4 is 29.2 Å². The Hall–Kier alpha value is -1.75. The van der Waals surface area contributed by atoms with Crippen LogP contribution in [0.25, 0.3) is 0 Å². The molecule has 5 N–H and O–H groups in total. The molecule has 6 heteroatoms. The first-order chi connectivity index (χ1) is 8.49. The molecule has 0 aromatic heterocycles. The van der Waals surface area contributed by atoms with Crippen LogP contribution in [0.2, 0.25) is 0 Å². The van der Waals surface area contributed by atoms with Crippen molar-refractivity contribution in [2.75, 3.05) is 0 Å². The van der Waals surface area contributed by atoms with Gasteiger partial charge in [-0.2, -0.15) is 4.99 Å². The number of guanidine groups is 2. The highest BCUT2D eigenvalue weighted by Crippen LogP contribution is 2.21. The highest BCUT2D eigenvalue weighted by molar-refractivity contribution is 5.96. The summed E-state index contributed by atoms with van der Waals surface area (Å²) in [5.41, 5.74) is 14.0. The molecule has 2 rings (SSSR count). The molecule has 1 heterocycles. The fourth-order valence-electron chi connectivity index (χ4n) is 2.01. The Morgan fingerprint density at radius 3 is 2.32 bits per heavy atom. The van der Waals surface area contributed by atoms with Gasteiger partial charge in [0, 0.05) is 5.92 Å². The lowest BCUT2D eigenvalue weighted by molar-refractivity contribution is -0.496. The first-order valence-electron chi connectivity index (χ1n) is 6.07. The van der Waals surface area contributed by atoms with Crippen LogP contribution in [0.3, 0.4) is 0 Å². The van der Waals surface area contributed by atoms with Crippen molar-refractivity contribution >= 4 is 17.6 Å². The number of halogens is 1. The van der Waals surface area contributed by atoms with E-state index in [-0.39, 0.29) is 18.6 Å². The smallest absolute Gasteiger partial charge is 0.357 e. The van der Waals surface area contributed by atoms with Crippen molar-refractivity contribution in [2.24, 2.45) is 22.4 Å². The highest BCUT2D eigenvalue weighted by Gasteiger charge is 2.29. The second-order valence-corrected chi connectivity index (χ2v) is 4.89. The first-order valence-corrected chi connectivity index (χ1v) is 6.07. The molecule has 1 aliphatic rings. The molecule has 0 saturated heterocycles. The lowest BCUT2D eigenvalue weighted by atomic mass is 10.1. The molecule has 0 bridgehead atoms. The molecule has 0 radical (unpaired) electrons. The molecule has 0 spiro atoms. The largest absolute Gasteiger partial charge is 1.00 e. The van der Waals surface area contributed by atoms with E-state index in [2.05, 4.69) is 43.2 Å². The van der Waals surface area contributed by atoms with Crippen LogP contribution in [-0.2, 0) is 0 Å². The fourth-order valence-corrected chi connectivity index (χ4v) is 2.01. The van der Waals surface area contributed by atoms with Crippen LogP contribution in [0.15, 0.2) is 29.3 Å². The molecular formula is C13H20ClN5. The van der Waals surface area contributed by atoms with Gasteiger partial charge < -0.3 is 18.1 Å². The molecule has 0 amide bonds. The van der Waals surface area contributed by atoms with Crippen molar-refractivity contribution in [3.05, 3.63) is 29.8 Å². The second-order valence-electron chi connectivity index (χ2n) is 4.89. The lowest BCUT2D eigenvalue weighted by Crippen LogP contribution is -3.00. The van der Waals surface area contributed by atoms with Gasteiger partial charge in [-0.1, -0.05) is 31.5 Å². The maximum atomic E-state index is 6.04. The van der Waals surface area contributed by atoms with Gasteiger partial charge in [-0.15, -0.1) is 0 Å². The quantitative estimate of drug-likeness (QED) is 0.541. The van der Waals surface area contributed by atoms with Crippen LogP contribution in [0, 0.1) is 12.8 Å². The number of nitrogens with two attached hydrogens (primary N) is 2. The number of nitrogens with zero attached hydrogens (tertiary/aromatic N) is 2. The average Bonchev–Trinajstić information content (AvgIpc) is 2.29. The molecule has 104 valence electrons. The lowest BCUT2D eigenvalue weighted by Gasteiger charge is -2.25. The van der Waals surface area contributed by atoms with Crippen molar-refractivity contribution in [2.45, 2.75) is 26.9 Å². The number of hydrogen-bond acceptors (Lipinski definition) is 4. The van der Waals surface area contributed by atoms with Gasteiger partial charge in [0.15, 0.2) is 6.17 Å². The molecule has 0 aliphatic carbocycles. The summed E-state index contributed by atoms with van der Waals surface area (Å²) in [4.78, 5) is 4.42. The number of aliphatic imine (C=N–C) groups is 1. The van der Waals surface area contributed by atoms with Crippen LogP contribution in [-0.4, -0.2) is 22.7 Å². The summed E-state index contributed by atoms with van der Waals surface area (Å²) in [6, 6.07) is 8.19. The zero-order valence-electron chi connectivity index (χ0n) is 11.4. The standard InChI is InChI=1S/C13H19N5.ClH/c1-8(2)11-16-12(14)17-13(15)18(11)10-6-4-9(3)5-7-10;/h4-8,11H,1-3H3,(H4,14,15,16,17);1H. The van der Waals surface area contributed by atoms with Gasteiger partial charge in [0.25, 0.3) is 5.96 Å². The van der Waals surface area contributed by atoms with Gasteiger partial charge >= 0.3 is 5.96 Å². The summed E-state index contributed by atoms with van der Waals surface area (Å²) in [6.45, 7) is 6.25. The predicted molar refractivity (Wildman–Crippen MR) is 73.7 cm³/mol. The molecule has 19 heavy (non-hydrogen) atoms. The monoisotopic (exact) mass is 281 g/mol. The van der Waals surface area contributed by atoms with E-state index in [0.29, 0.717) is 17.8 Å². The molecule has 0 fully saturated rings. The average molecular weight is 282 g/mol. The molecule has 5 nitrogen and oxygen atoms in total. The maximum Gasteiger partial charge on any atom is 0.357 e. The normalized spacial score (nSPS) is 18.7. The molecule has 0 saturated carbocycles. The highest BCUT2D eigenvalue weighted by atomic mass is 35.5. The summed E-state index contributed by atoms with van der Waals surface area (Å²) < 4.78 is 1.97. The molecule has 1 atom stereocenters.